The molecule has 3 aromatic rings. The van der Waals surface area contributed by atoms with Crippen molar-refractivity contribution in [3.8, 4) is 5.75 Å². The molecule has 1 fully saturated rings. The lowest BCUT2D eigenvalue weighted by atomic mass is 9.89. The fourth-order valence-electron chi connectivity index (χ4n) is 3.85. The number of nitrogens with one attached hydrogen (secondary N) is 1. The fraction of sp³-hybridized carbons (Fsp3) is 0.333. The SMILES string of the molecule is O=S(=O)(Nc1ncns1)c1cc(F)c(O[C@H]2CCCCC[C@@H]2c2ccccc2)cc1F. The van der Waals surface area contributed by atoms with Crippen LogP contribution >= 0.6 is 11.5 Å². The molecule has 1 saturated carbocycles. The number of nitrogens with zero attached hydrogens (tertiary/aromatic N) is 2. The summed E-state index contributed by atoms with van der Waals surface area (Å²) in [4.78, 5) is 2.88. The van der Waals surface area contributed by atoms with E-state index in [4.69, 9.17) is 4.74 Å². The first-order valence-electron chi connectivity index (χ1n) is 9.94. The van der Waals surface area contributed by atoms with E-state index in [2.05, 4.69) is 14.1 Å². The number of sulfonamides is 1. The van der Waals surface area contributed by atoms with E-state index < -0.39 is 26.6 Å². The fourth-order valence-corrected chi connectivity index (χ4v) is 5.59. The van der Waals surface area contributed by atoms with Gasteiger partial charge in [0.2, 0.25) is 5.13 Å². The van der Waals surface area contributed by atoms with Crippen LogP contribution in [0.5, 0.6) is 5.75 Å². The highest BCUT2D eigenvalue weighted by Gasteiger charge is 2.29. The van der Waals surface area contributed by atoms with E-state index >= 15 is 0 Å². The van der Waals surface area contributed by atoms with Crippen molar-refractivity contribution in [1.82, 2.24) is 9.36 Å². The molecule has 4 rings (SSSR count). The molecule has 0 aliphatic heterocycles. The predicted molar refractivity (Wildman–Crippen MR) is 114 cm³/mol. The van der Waals surface area contributed by atoms with Crippen LogP contribution in [0.25, 0.3) is 0 Å². The third-order valence-electron chi connectivity index (χ3n) is 5.32. The topological polar surface area (TPSA) is 81.2 Å². The third kappa shape index (κ3) is 5.01. The van der Waals surface area contributed by atoms with Crippen molar-refractivity contribution in [3.05, 3.63) is 66.0 Å². The van der Waals surface area contributed by atoms with Crippen molar-refractivity contribution in [2.75, 3.05) is 4.72 Å². The van der Waals surface area contributed by atoms with Crippen LogP contribution in [0.3, 0.4) is 0 Å². The zero-order chi connectivity index (χ0) is 21.8. The number of anilines is 1. The largest absolute Gasteiger partial charge is 0.487 e. The first-order valence-corrected chi connectivity index (χ1v) is 12.2. The number of aromatic nitrogens is 2. The van der Waals surface area contributed by atoms with Gasteiger partial charge in [-0.2, -0.15) is 4.37 Å². The molecule has 2 aromatic carbocycles. The molecule has 0 unspecified atom stereocenters. The third-order valence-corrected chi connectivity index (χ3v) is 7.38. The molecule has 0 saturated heterocycles. The van der Waals surface area contributed by atoms with Gasteiger partial charge in [0.1, 0.15) is 23.1 Å². The maximum atomic E-state index is 14.8. The quantitative estimate of drug-likeness (QED) is 0.512. The molecule has 164 valence electrons. The molecule has 2 atom stereocenters. The highest BCUT2D eigenvalue weighted by atomic mass is 32.2. The van der Waals surface area contributed by atoms with Crippen molar-refractivity contribution in [2.45, 2.75) is 49.0 Å². The van der Waals surface area contributed by atoms with Gasteiger partial charge in [-0.25, -0.2) is 22.2 Å². The Hall–Kier alpha value is -2.59. The number of hydrogen-bond donors (Lipinski definition) is 1. The molecule has 0 amide bonds. The number of hydrogen-bond acceptors (Lipinski definition) is 6. The number of benzene rings is 2. The lowest BCUT2D eigenvalue weighted by Gasteiger charge is -2.27. The van der Waals surface area contributed by atoms with Crippen molar-refractivity contribution in [3.63, 3.8) is 0 Å². The molecular weight excluding hydrogens is 444 g/mol. The zero-order valence-electron chi connectivity index (χ0n) is 16.5. The van der Waals surface area contributed by atoms with E-state index in [1.165, 1.54) is 0 Å². The van der Waals surface area contributed by atoms with Gasteiger partial charge in [0.05, 0.1) is 0 Å². The van der Waals surface area contributed by atoms with E-state index in [0.29, 0.717) is 12.5 Å². The van der Waals surface area contributed by atoms with Gasteiger partial charge in [-0.05, 0) is 24.8 Å². The molecule has 1 aromatic heterocycles. The molecule has 1 aliphatic carbocycles. The van der Waals surface area contributed by atoms with Crippen molar-refractivity contribution >= 4 is 26.7 Å². The van der Waals surface area contributed by atoms with E-state index in [9.17, 15) is 17.2 Å². The van der Waals surface area contributed by atoms with Gasteiger partial charge >= 0.3 is 0 Å². The highest BCUT2D eigenvalue weighted by molar-refractivity contribution is 7.93. The van der Waals surface area contributed by atoms with Gasteiger partial charge in [0.25, 0.3) is 10.0 Å². The van der Waals surface area contributed by atoms with E-state index in [1.807, 2.05) is 30.3 Å². The summed E-state index contributed by atoms with van der Waals surface area (Å²) in [6.45, 7) is 0. The molecule has 0 radical (unpaired) electrons. The van der Waals surface area contributed by atoms with Gasteiger partial charge in [-0.1, -0.05) is 43.2 Å². The van der Waals surface area contributed by atoms with E-state index in [1.54, 1.807) is 0 Å². The van der Waals surface area contributed by atoms with Crippen LogP contribution in [-0.4, -0.2) is 23.9 Å². The Balaban J connectivity index is 1.60. The van der Waals surface area contributed by atoms with E-state index in [0.717, 1.165) is 55.2 Å². The van der Waals surface area contributed by atoms with Gasteiger partial charge in [0.15, 0.2) is 11.6 Å². The Kier molecular flexibility index (Phi) is 6.47. The summed E-state index contributed by atoms with van der Waals surface area (Å²) in [5.41, 5.74) is 1.09. The second-order valence-corrected chi connectivity index (χ2v) is 9.81. The van der Waals surface area contributed by atoms with Crippen LogP contribution < -0.4 is 9.46 Å². The monoisotopic (exact) mass is 465 g/mol. The molecule has 10 heteroatoms. The summed E-state index contributed by atoms with van der Waals surface area (Å²) >= 11 is 0.789. The first kappa shape index (κ1) is 21.6. The lowest BCUT2D eigenvalue weighted by Crippen LogP contribution is -2.25. The van der Waals surface area contributed by atoms with Gasteiger partial charge in [-0.3, -0.25) is 4.72 Å². The standard InChI is InChI=1S/C21H21F2N3O3S2/c22-16-12-20(31(27,28)26-21-24-13-25-30-21)17(23)11-19(16)29-18-10-6-2-5-9-15(18)14-7-3-1-4-8-14/h1,3-4,7-8,11-13,15,18H,2,5-6,9-10H2,(H,24,25,26)/t15-,18+/m1/s1. The summed E-state index contributed by atoms with van der Waals surface area (Å²) in [6.07, 6.45) is 5.43. The minimum Gasteiger partial charge on any atom is -0.487 e. The number of rotatable bonds is 6. The molecule has 1 heterocycles. The molecule has 31 heavy (non-hydrogen) atoms. The lowest BCUT2D eigenvalue weighted by molar-refractivity contribution is 0.153. The average molecular weight is 466 g/mol. The van der Waals surface area contributed by atoms with Crippen LogP contribution in [0, 0.1) is 11.6 Å². The maximum absolute atomic E-state index is 14.8. The molecular formula is C21H21F2N3O3S2. The Labute approximate surface area is 183 Å². The van der Waals surface area contributed by atoms with Crippen LogP contribution in [-0.2, 0) is 10.0 Å². The van der Waals surface area contributed by atoms with E-state index in [-0.39, 0.29) is 22.9 Å². The maximum Gasteiger partial charge on any atom is 0.266 e. The first-order chi connectivity index (χ1) is 14.9. The van der Waals surface area contributed by atoms with Crippen LogP contribution in [0.2, 0.25) is 0 Å². The Bertz CT molecular complexity index is 1130. The highest BCUT2D eigenvalue weighted by Crippen LogP contribution is 2.36. The van der Waals surface area contributed by atoms with Gasteiger partial charge < -0.3 is 4.74 Å². The van der Waals surface area contributed by atoms with Crippen LogP contribution in [0.4, 0.5) is 13.9 Å². The summed E-state index contributed by atoms with van der Waals surface area (Å²) in [7, 11) is -4.36. The van der Waals surface area contributed by atoms with Crippen LogP contribution in [0.1, 0.15) is 43.6 Å². The van der Waals surface area contributed by atoms with Gasteiger partial charge in [-0.15, -0.1) is 0 Å². The average Bonchev–Trinajstić information content (AvgIpc) is 3.14. The molecule has 6 nitrogen and oxygen atoms in total. The summed E-state index contributed by atoms with van der Waals surface area (Å²) in [5, 5.41) is -0.0377. The summed E-state index contributed by atoms with van der Waals surface area (Å²) < 4.78 is 66.1. The Morgan fingerprint density at radius 3 is 2.55 bits per heavy atom. The minimum atomic E-state index is -4.36. The second-order valence-electron chi connectivity index (χ2n) is 7.38. The number of halogens is 2. The van der Waals surface area contributed by atoms with Crippen molar-refractivity contribution in [1.29, 1.82) is 0 Å². The van der Waals surface area contributed by atoms with Crippen LogP contribution in [0.15, 0.2) is 53.7 Å². The summed E-state index contributed by atoms with van der Waals surface area (Å²) in [5.74, 6) is -2.28. The Morgan fingerprint density at radius 2 is 1.81 bits per heavy atom. The zero-order valence-corrected chi connectivity index (χ0v) is 18.1. The van der Waals surface area contributed by atoms with Crippen molar-refractivity contribution < 1.29 is 21.9 Å². The van der Waals surface area contributed by atoms with Gasteiger partial charge in [0, 0.05) is 29.6 Å². The normalized spacial score (nSPS) is 19.5. The minimum absolute atomic E-state index is 0.0377. The second kappa shape index (κ2) is 9.27. The molecule has 0 bridgehead atoms. The molecule has 1 aliphatic rings. The molecule has 1 N–H and O–H groups in total. The van der Waals surface area contributed by atoms with Crippen molar-refractivity contribution in [2.24, 2.45) is 0 Å². The molecule has 0 spiro atoms. The Morgan fingerprint density at radius 1 is 1.03 bits per heavy atom. The smallest absolute Gasteiger partial charge is 0.266 e. The summed E-state index contributed by atoms with van der Waals surface area (Å²) in [6, 6.07) is 11.3. The number of ether oxygens (including phenoxy) is 1. The predicted octanol–water partition coefficient (Wildman–Crippen LogP) is 5.11.